The minimum absolute atomic E-state index is 0.0428. The number of hydrogen-bond donors (Lipinski definition) is 2. The Morgan fingerprint density at radius 2 is 1.91 bits per heavy atom. The fraction of sp³-hybridized carbons (Fsp3) is 0.240. The predicted molar refractivity (Wildman–Crippen MR) is 130 cm³/mol. The second kappa shape index (κ2) is 8.04. The average Bonchev–Trinajstić information content (AvgIpc) is 3.16. The maximum absolute atomic E-state index is 13.3. The molecule has 0 fully saturated rings. The monoisotopic (exact) mass is 480 g/mol. The smallest absolute Gasteiger partial charge is 0.261 e. The Hall–Kier alpha value is -3.09. The molecule has 0 unspecified atom stereocenters. The molecule has 6 nitrogen and oxygen atoms in total. The summed E-state index contributed by atoms with van der Waals surface area (Å²) in [4.78, 5) is 26.4. The van der Waals surface area contributed by atoms with Crippen LogP contribution in [-0.4, -0.2) is 21.5 Å². The van der Waals surface area contributed by atoms with E-state index in [1.807, 2.05) is 36.4 Å². The third kappa shape index (κ3) is 3.94. The highest BCUT2D eigenvalue weighted by atomic mass is 35.5. The van der Waals surface area contributed by atoms with Crippen molar-refractivity contribution in [2.24, 2.45) is 5.41 Å². The van der Waals surface area contributed by atoms with Crippen molar-refractivity contribution in [3.05, 3.63) is 87.2 Å². The Labute approximate surface area is 201 Å². The summed E-state index contributed by atoms with van der Waals surface area (Å²) in [5.41, 5.74) is 3.01. The number of aromatic nitrogens is 2. The van der Waals surface area contributed by atoms with Crippen LogP contribution >= 0.6 is 23.2 Å². The summed E-state index contributed by atoms with van der Waals surface area (Å²) >= 11 is 12.7. The molecule has 1 aromatic heterocycles. The molecule has 168 valence electrons. The second-order valence-electron chi connectivity index (χ2n) is 9.20. The Bertz CT molecular complexity index is 1310. The number of benzene rings is 2. The van der Waals surface area contributed by atoms with Gasteiger partial charge in [0.15, 0.2) is 5.78 Å². The van der Waals surface area contributed by atoms with Crippen molar-refractivity contribution in [3.8, 4) is 0 Å². The first-order valence-electron chi connectivity index (χ1n) is 10.7. The van der Waals surface area contributed by atoms with E-state index < -0.39 is 6.04 Å². The average molecular weight is 481 g/mol. The van der Waals surface area contributed by atoms with Crippen molar-refractivity contribution in [2.45, 2.75) is 32.7 Å². The zero-order valence-corrected chi connectivity index (χ0v) is 19.7. The van der Waals surface area contributed by atoms with E-state index in [1.54, 1.807) is 16.8 Å². The van der Waals surface area contributed by atoms with E-state index in [0.29, 0.717) is 51.1 Å². The van der Waals surface area contributed by atoms with Crippen LogP contribution in [0.25, 0.3) is 0 Å². The van der Waals surface area contributed by atoms with E-state index in [9.17, 15) is 9.59 Å². The van der Waals surface area contributed by atoms with Crippen LogP contribution in [0.5, 0.6) is 0 Å². The Morgan fingerprint density at radius 1 is 1.15 bits per heavy atom. The first-order chi connectivity index (χ1) is 15.7. The highest BCUT2D eigenvalue weighted by molar-refractivity contribution is 6.35. The van der Waals surface area contributed by atoms with Crippen molar-refractivity contribution in [3.63, 3.8) is 0 Å². The Balaban J connectivity index is 1.63. The van der Waals surface area contributed by atoms with Gasteiger partial charge >= 0.3 is 0 Å². The fourth-order valence-electron chi connectivity index (χ4n) is 4.61. The number of carbonyl (C=O) groups is 2. The number of amides is 1. The Kier molecular flexibility index (Phi) is 5.30. The van der Waals surface area contributed by atoms with Gasteiger partial charge in [-0.1, -0.05) is 61.3 Å². The molecule has 2 aliphatic rings. The van der Waals surface area contributed by atoms with Crippen LogP contribution in [-0.2, 0) is 4.79 Å². The number of ketones is 1. The van der Waals surface area contributed by atoms with Gasteiger partial charge in [-0.05, 0) is 36.1 Å². The lowest BCUT2D eigenvalue weighted by Gasteiger charge is -2.39. The summed E-state index contributed by atoms with van der Waals surface area (Å²) in [7, 11) is 0. The molecule has 3 aromatic rings. The van der Waals surface area contributed by atoms with Crippen LogP contribution in [0.15, 0.2) is 66.0 Å². The van der Waals surface area contributed by atoms with Gasteiger partial charge < -0.3 is 10.6 Å². The lowest BCUT2D eigenvalue weighted by molar-refractivity contribution is -0.118. The molecule has 0 spiro atoms. The quantitative estimate of drug-likeness (QED) is 0.474. The SMILES string of the molecule is CC1(C)CC(=O)C2=C(C1)Nc1c(C(=O)Nc3ccccc3)cnn1[C@H]2c1ccc(Cl)cc1Cl. The molecule has 2 aromatic carbocycles. The molecule has 1 aliphatic carbocycles. The largest absolute Gasteiger partial charge is 0.343 e. The number of nitrogens with zero attached hydrogens (tertiary/aromatic N) is 2. The fourth-order valence-corrected chi connectivity index (χ4v) is 5.12. The third-order valence-electron chi connectivity index (χ3n) is 6.04. The molecule has 33 heavy (non-hydrogen) atoms. The second-order valence-corrected chi connectivity index (χ2v) is 10.0. The highest BCUT2D eigenvalue weighted by Crippen LogP contribution is 2.47. The maximum atomic E-state index is 13.3. The number of fused-ring (bicyclic) bond motifs is 1. The molecule has 1 atom stereocenters. The summed E-state index contributed by atoms with van der Waals surface area (Å²) < 4.78 is 1.67. The van der Waals surface area contributed by atoms with Crippen LogP contribution in [0.1, 0.15) is 48.7 Å². The summed E-state index contributed by atoms with van der Waals surface area (Å²) in [6.07, 6.45) is 2.61. The van der Waals surface area contributed by atoms with Gasteiger partial charge in [0.25, 0.3) is 5.91 Å². The molecule has 2 N–H and O–H groups in total. The number of nitrogens with one attached hydrogen (secondary N) is 2. The molecule has 8 heteroatoms. The van der Waals surface area contributed by atoms with Crippen molar-refractivity contribution in [1.82, 2.24) is 9.78 Å². The molecular weight excluding hydrogens is 459 g/mol. The van der Waals surface area contributed by atoms with Crippen LogP contribution in [0, 0.1) is 5.41 Å². The first kappa shape index (κ1) is 21.7. The molecule has 5 rings (SSSR count). The number of para-hydroxylation sites is 1. The lowest BCUT2D eigenvalue weighted by atomic mass is 9.73. The van der Waals surface area contributed by atoms with Gasteiger partial charge in [0.05, 0.1) is 6.20 Å². The number of rotatable bonds is 3. The number of hydrogen-bond acceptors (Lipinski definition) is 4. The van der Waals surface area contributed by atoms with Crippen LogP contribution < -0.4 is 10.6 Å². The van der Waals surface area contributed by atoms with Crippen LogP contribution in [0.2, 0.25) is 10.0 Å². The van der Waals surface area contributed by atoms with Crippen molar-refractivity contribution in [1.29, 1.82) is 0 Å². The highest BCUT2D eigenvalue weighted by Gasteiger charge is 2.42. The molecule has 0 saturated heterocycles. The van der Waals surface area contributed by atoms with Gasteiger partial charge in [-0.3, -0.25) is 9.59 Å². The molecule has 0 saturated carbocycles. The first-order valence-corrected chi connectivity index (χ1v) is 11.4. The van der Waals surface area contributed by atoms with Gasteiger partial charge in [-0.15, -0.1) is 0 Å². The normalized spacial score (nSPS) is 18.9. The van der Waals surface area contributed by atoms with Gasteiger partial charge in [-0.25, -0.2) is 4.68 Å². The Morgan fingerprint density at radius 3 is 2.64 bits per heavy atom. The van der Waals surface area contributed by atoms with Gasteiger partial charge in [0.2, 0.25) is 0 Å². The van der Waals surface area contributed by atoms with E-state index in [1.165, 1.54) is 6.20 Å². The summed E-state index contributed by atoms with van der Waals surface area (Å²) in [5.74, 6) is 0.284. The number of anilines is 2. The molecule has 2 heterocycles. The van der Waals surface area contributed by atoms with Crippen molar-refractivity contribution in [2.75, 3.05) is 10.6 Å². The molecule has 1 aliphatic heterocycles. The molecular formula is C25H22Cl2N4O2. The minimum Gasteiger partial charge on any atom is -0.343 e. The lowest BCUT2D eigenvalue weighted by Crippen LogP contribution is -2.37. The zero-order valence-electron chi connectivity index (χ0n) is 18.2. The number of carbonyl (C=O) groups excluding carboxylic acids is 2. The van der Waals surface area contributed by atoms with Gasteiger partial charge in [0, 0.05) is 39.0 Å². The standard InChI is InChI=1S/C25H22Cl2N4O2/c1-25(2)11-19-21(20(32)12-25)22(16-9-8-14(26)10-18(16)27)31-23(30-19)17(13-28-31)24(33)29-15-6-4-3-5-7-15/h3-10,13,22,30H,11-12H2,1-2H3,(H,29,33)/t22-/m0/s1. The third-order valence-corrected chi connectivity index (χ3v) is 6.60. The minimum atomic E-state index is -0.553. The maximum Gasteiger partial charge on any atom is 0.261 e. The number of Topliss-reactive ketones (excluding diaryl/α,β-unsaturated/α-hetero) is 1. The zero-order chi connectivity index (χ0) is 23.3. The summed E-state index contributed by atoms with van der Waals surface area (Å²) in [6, 6.07) is 13.9. The van der Waals surface area contributed by atoms with Crippen molar-refractivity contribution >= 4 is 46.4 Å². The van der Waals surface area contributed by atoms with E-state index in [-0.39, 0.29) is 17.1 Å². The molecule has 1 amide bonds. The molecule has 0 bridgehead atoms. The van der Waals surface area contributed by atoms with E-state index in [0.717, 1.165) is 5.70 Å². The van der Waals surface area contributed by atoms with E-state index >= 15 is 0 Å². The molecule has 0 radical (unpaired) electrons. The summed E-state index contributed by atoms with van der Waals surface area (Å²) in [5, 5.41) is 11.7. The number of allylic oxidation sites excluding steroid dienone is 2. The topological polar surface area (TPSA) is 76.0 Å². The predicted octanol–water partition coefficient (Wildman–Crippen LogP) is 6.10. The van der Waals surface area contributed by atoms with Crippen LogP contribution in [0.4, 0.5) is 11.5 Å². The van der Waals surface area contributed by atoms with Crippen LogP contribution in [0.3, 0.4) is 0 Å². The van der Waals surface area contributed by atoms with E-state index in [4.69, 9.17) is 23.2 Å². The summed E-state index contributed by atoms with van der Waals surface area (Å²) in [6.45, 7) is 4.13. The van der Waals surface area contributed by atoms with Crippen molar-refractivity contribution < 1.29 is 9.59 Å². The van der Waals surface area contributed by atoms with Gasteiger partial charge in [0.1, 0.15) is 17.4 Å². The van der Waals surface area contributed by atoms with E-state index in [2.05, 4.69) is 29.6 Å². The number of halogens is 2. The van der Waals surface area contributed by atoms with Gasteiger partial charge in [-0.2, -0.15) is 5.10 Å².